The highest BCUT2D eigenvalue weighted by atomic mass is 35.5. The molecule has 1 atom stereocenters. The number of hydrogen-bond acceptors (Lipinski definition) is 6. The van der Waals surface area contributed by atoms with Crippen molar-refractivity contribution < 1.29 is 23.8 Å². The highest BCUT2D eigenvalue weighted by Crippen LogP contribution is 2.46. The maximum atomic E-state index is 13.3. The van der Waals surface area contributed by atoms with Crippen molar-refractivity contribution in [2.75, 3.05) is 33.5 Å². The van der Waals surface area contributed by atoms with Crippen molar-refractivity contribution in [3.05, 3.63) is 64.7 Å². The number of amides is 1. The molecule has 1 saturated heterocycles. The third-order valence-electron chi connectivity index (χ3n) is 6.05. The summed E-state index contributed by atoms with van der Waals surface area (Å²) < 4.78 is 16.1. The molecule has 2 aliphatic rings. The summed E-state index contributed by atoms with van der Waals surface area (Å²) in [5, 5.41) is 7.21. The Hall–Kier alpha value is -2.61. The molecule has 7 nitrogen and oxygen atoms in total. The van der Waals surface area contributed by atoms with E-state index < -0.39 is 11.1 Å². The van der Waals surface area contributed by atoms with Crippen LogP contribution >= 0.6 is 11.6 Å². The number of carbonyl (C=O) groups is 2. The van der Waals surface area contributed by atoms with E-state index in [-0.39, 0.29) is 11.9 Å². The van der Waals surface area contributed by atoms with Crippen LogP contribution < -0.4 is 15.4 Å². The Labute approximate surface area is 192 Å². The van der Waals surface area contributed by atoms with Gasteiger partial charge < -0.3 is 19.5 Å². The fourth-order valence-electron chi connectivity index (χ4n) is 3.97. The molecule has 2 aromatic carbocycles. The Morgan fingerprint density at radius 1 is 1.12 bits per heavy atom. The normalized spacial score (nSPS) is 21.1. The van der Waals surface area contributed by atoms with Crippen LogP contribution in [0.2, 0.25) is 5.02 Å². The van der Waals surface area contributed by atoms with Crippen molar-refractivity contribution in [2.45, 2.75) is 30.3 Å². The van der Waals surface area contributed by atoms with Crippen molar-refractivity contribution >= 4 is 23.5 Å². The maximum Gasteiger partial charge on any atom is 0.337 e. The lowest BCUT2D eigenvalue weighted by Gasteiger charge is -2.30. The van der Waals surface area contributed by atoms with Gasteiger partial charge in [0.1, 0.15) is 17.9 Å². The van der Waals surface area contributed by atoms with Crippen molar-refractivity contribution in [2.24, 2.45) is 0 Å². The average molecular weight is 459 g/mol. The fourth-order valence-corrected chi connectivity index (χ4v) is 4.15. The second kappa shape index (κ2) is 9.48. The fraction of sp³-hybridized carbons (Fsp3) is 0.417. The molecular weight excluding hydrogens is 432 g/mol. The van der Waals surface area contributed by atoms with Gasteiger partial charge in [-0.25, -0.2) is 4.79 Å². The first-order valence-electron chi connectivity index (χ1n) is 10.7. The van der Waals surface area contributed by atoms with Crippen LogP contribution in [0.25, 0.3) is 0 Å². The molecular formula is C24H27ClN2O5. The first-order chi connectivity index (χ1) is 15.5. The molecule has 4 rings (SSSR count). The number of carbonyl (C=O) groups excluding carboxylic acids is 2. The highest BCUT2D eigenvalue weighted by Gasteiger charge is 2.50. The predicted octanol–water partition coefficient (Wildman–Crippen LogP) is 3.06. The van der Waals surface area contributed by atoms with E-state index in [1.807, 2.05) is 24.3 Å². The first kappa shape index (κ1) is 22.6. The number of benzene rings is 2. The van der Waals surface area contributed by atoms with E-state index in [9.17, 15) is 9.59 Å². The SMILES string of the molecule is COC(=O)c1ccc(C2(NC(=O)C3(NCCOc4cccc(Cl)c4)CCOC3)CC2)cc1. The van der Waals surface area contributed by atoms with Gasteiger partial charge in [0.05, 0.1) is 24.8 Å². The third-order valence-corrected chi connectivity index (χ3v) is 6.28. The largest absolute Gasteiger partial charge is 0.492 e. The summed E-state index contributed by atoms with van der Waals surface area (Å²) in [5.41, 5.74) is 0.275. The Morgan fingerprint density at radius 3 is 2.53 bits per heavy atom. The van der Waals surface area contributed by atoms with Crippen LogP contribution in [0.15, 0.2) is 48.5 Å². The van der Waals surface area contributed by atoms with Gasteiger partial charge in [-0.15, -0.1) is 0 Å². The lowest BCUT2D eigenvalue weighted by Crippen LogP contribution is -2.60. The second-order valence-electron chi connectivity index (χ2n) is 8.22. The van der Waals surface area contributed by atoms with Gasteiger partial charge in [0.2, 0.25) is 5.91 Å². The number of halogens is 1. The monoisotopic (exact) mass is 458 g/mol. The van der Waals surface area contributed by atoms with E-state index in [0.717, 1.165) is 18.4 Å². The van der Waals surface area contributed by atoms with Crippen molar-refractivity contribution in [1.82, 2.24) is 10.6 Å². The summed E-state index contributed by atoms with van der Waals surface area (Å²) >= 11 is 5.99. The zero-order valence-corrected chi connectivity index (χ0v) is 18.7. The van der Waals surface area contributed by atoms with Gasteiger partial charge in [0.25, 0.3) is 0 Å². The number of ether oxygens (including phenoxy) is 3. The Kier molecular flexibility index (Phi) is 6.69. The molecule has 8 heteroatoms. The van der Waals surface area contributed by atoms with E-state index in [0.29, 0.717) is 49.1 Å². The minimum atomic E-state index is -0.792. The van der Waals surface area contributed by atoms with Crippen LogP contribution in [-0.4, -0.2) is 50.9 Å². The standard InChI is InChI=1S/C24H27ClN2O5/c1-30-21(28)17-5-7-18(8-6-17)23(9-10-23)27-22(29)24(11-13-31-16-24)26-12-14-32-20-4-2-3-19(25)15-20/h2-8,15,26H,9-14,16H2,1H3,(H,27,29). The predicted molar refractivity (Wildman–Crippen MR) is 120 cm³/mol. The number of esters is 1. The molecule has 1 heterocycles. The van der Waals surface area contributed by atoms with Crippen molar-refractivity contribution in [1.29, 1.82) is 0 Å². The van der Waals surface area contributed by atoms with Crippen LogP contribution in [-0.2, 0) is 19.8 Å². The molecule has 1 amide bonds. The number of methoxy groups -OCH3 is 1. The molecule has 2 aromatic rings. The quantitative estimate of drug-likeness (QED) is 0.443. The molecule has 0 aromatic heterocycles. The molecule has 2 N–H and O–H groups in total. The van der Waals surface area contributed by atoms with Crippen LogP contribution in [0.4, 0.5) is 0 Å². The summed E-state index contributed by atoms with van der Waals surface area (Å²) in [6, 6.07) is 14.4. The van der Waals surface area contributed by atoms with Gasteiger partial charge in [0.15, 0.2) is 0 Å². The van der Waals surface area contributed by atoms with E-state index in [1.165, 1.54) is 7.11 Å². The summed E-state index contributed by atoms with van der Waals surface area (Å²) in [6.07, 6.45) is 2.30. The van der Waals surface area contributed by atoms with Gasteiger partial charge in [-0.3, -0.25) is 10.1 Å². The molecule has 32 heavy (non-hydrogen) atoms. The van der Waals surface area contributed by atoms with Crippen LogP contribution in [0.5, 0.6) is 5.75 Å². The molecule has 2 fully saturated rings. The maximum absolute atomic E-state index is 13.3. The minimum Gasteiger partial charge on any atom is -0.492 e. The lowest BCUT2D eigenvalue weighted by molar-refractivity contribution is -0.128. The minimum absolute atomic E-state index is 0.0766. The van der Waals surface area contributed by atoms with E-state index in [1.54, 1.807) is 24.3 Å². The molecule has 1 saturated carbocycles. The van der Waals surface area contributed by atoms with E-state index in [4.69, 9.17) is 25.8 Å². The van der Waals surface area contributed by atoms with Crippen LogP contribution in [0.1, 0.15) is 35.2 Å². The number of rotatable bonds is 9. The zero-order chi connectivity index (χ0) is 22.6. The van der Waals surface area contributed by atoms with Crippen molar-refractivity contribution in [3.8, 4) is 5.75 Å². The van der Waals surface area contributed by atoms with Gasteiger partial charge in [-0.1, -0.05) is 29.8 Å². The van der Waals surface area contributed by atoms with E-state index >= 15 is 0 Å². The third kappa shape index (κ3) is 4.90. The zero-order valence-electron chi connectivity index (χ0n) is 18.0. The second-order valence-corrected chi connectivity index (χ2v) is 8.66. The van der Waals surface area contributed by atoms with E-state index in [2.05, 4.69) is 10.6 Å². The topological polar surface area (TPSA) is 85.9 Å². The molecule has 1 aliphatic carbocycles. The molecule has 1 unspecified atom stereocenters. The number of nitrogens with one attached hydrogen (secondary N) is 2. The van der Waals surface area contributed by atoms with Crippen LogP contribution in [0.3, 0.4) is 0 Å². The first-order valence-corrected chi connectivity index (χ1v) is 11.1. The summed E-state index contributed by atoms with van der Waals surface area (Å²) in [7, 11) is 1.36. The Balaban J connectivity index is 1.37. The smallest absolute Gasteiger partial charge is 0.337 e. The van der Waals surface area contributed by atoms with Gasteiger partial charge in [-0.05, 0) is 48.7 Å². The average Bonchev–Trinajstić information content (AvgIpc) is 3.42. The van der Waals surface area contributed by atoms with Crippen molar-refractivity contribution in [3.63, 3.8) is 0 Å². The van der Waals surface area contributed by atoms with Gasteiger partial charge >= 0.3 is 5.97 Å². The highest BCUT2D eigenvalue weighted by molar-refractivity contribution is 6.30. The number of hydrogen-bond donors (Lipinski definition) is 2. The summed E-state index contributed by atoms with van der Waals surface area (Å²) in [6.45, 7) is 1.73. The lowest BCUT2D eigenvalue weighted by atomic mass is 9.95. The Bertz CT molecular complexity index is 969. The summed E-state index contributed by atoms with van der Waals surface area (Å²) in [5.74, 6) is 0.233. The van der Waals surface area contributed by atoms with Crippen LogP contribution in [0, 0.1) is 0 Å². The molecule has 0 spiro atoms. The molecule has 0 radical (unpaired) electrons. The van der Waals surface area contributed by atoms with Gasteiger partial charge in [-0.2, -0.15) is 0 Å². The Morgan fingerprint density at radius 2 is 1.91 bits per heavy atom. The molecule has 170 valence electrons. The van der Waals surface area contributed by atoms with Gasteiger partial charge in [0, 0.05) is 24.6 Å². The molecule has 1 aliphatic heterocycles. The summed E-state index contributed by atoms with van der Waals surface area (Å²) in [4.78, 5) is 25.0. The molecule has 0 bridgehead atoms.